The Bertz CT molecular complexity index is 757. The van der Waals surface area contributed by atoms with Crippen molar-refractivity contribution in [1.82, 2.24) is 0 Å². The molecule has 2 aromatic carbocycles. The highest BCUT2D eigenvalue weighted by Crippen LogP contribution is 1.98. The van der Waals surface area contributed by atoms with Crippen molar-refractivity contribution in [3.63, 3.8) is 0 Å². The van der Waals surface area contributed by atoms with Gasteiger partial charge in [-0.05, 0) is 26.3 Å². The third-order valence-corrected chi connectivity index (χ3v) is 3.08. The van der Waals surface area contributed by atoms with Crippen LogP contribution >= 0.6 is 0 Å². The summed E-state index contributed by atoms with van der Waals surface area (Å²) >= 11 is 0. The Morgan fingerprint density at radius 2 is 1.10 bits per heavy atom. The summed E-state index contributed by atoms with van der Waals surface area (Å²) in [5.74, 6) is -3.05. The number of Topliss-reactive ketones (excluding diaryl/α,β-unsaturated/α-hetero) is 2. The third kappa shape index (κ3) is 19.4. The number of hydrogen-bond acceptors (Lipinski definition) is 6. The Morgan fingerprint density at radius 3 is 1.23 bits per heavy atom. The van der Waals surface area contributed by atoms with Crippen LogP contribution in [0.4, 0.5) is 0 Å². The van der Waals surface area contributed by atoms with Crippen molar-refractivity contribution in [3.8, 4) is 0 Å². The zero-order chi connectivity index (χ0) is 23.7. The maximum Gasteiger partial charge on any atom is 0.371 e. The molecule has 0 unspecified atom stereocenters. The van der Waals surface area contributed by atoms with E-state index in [1.54, 1.807) is 13.8 Å². The maximum atomic E-state index is 10.6. The molecule has 0 amide bonds. The number of carboxylic acid groups (broad SMARTS) is 2. The van der Waals surface area contributed by atoms with Crippen LogP contribution < -0.4 is 5.73 Å². The number of aliphatic carboxylic acids is 2. The molecule has 2 rings (SSSR count). The topological polar surface area (TPSA) is 159 Å². The molecule has 0 bridgehead atoms. The van der Waals surface area contributed by atoms with Crippen LogP contribution in [0.3, 0.4) is 0 Å². The second kappa shape index (κ2) is 18.4. The van der Waals surface area contributed by atoms with Crippen LogP contribution in [-0.2, 0) is 14.4 Å². The van der Waals surface area contributed by atoms with E-state index in [2.05, 4.69) is 0 Å². The summed E-state index contributed by atoms with van der Waals surface area (Å²) in [5, 5.41) is 22.7. The lowest BCUT2D eigenvalue weighted by Gasteiger charge is -1.92. The predicted octanol–water partition coefficient (Wildman–Crippen LogP) is 3.68. The second-order valence-corrected chi connectivity index (χ2v) is 5.90. The highest BCUT2D eigenvalue weighted by atomic mass is 16.4. The Kier molecular flexibility index (Phi) is 19.0. The number of carboxylic acids is 2. The number of nitrogens with one attached hydrogen (secondary N) is 1. The van der Waals surface area contributed by atoms with Gasteiger partial charge in [0.25, 0.3) is 0 Å². The first kappa shape index (κ1) is 32.0. The van der Waals surface area contributed by atoms with Gasteiger partial charge in [-0.2, -0.15) is 0 Å². The van der Waals surface area contributed by atoms with Crippen molar-refractivity contribution in [1.29, 1.82) is 5.41 Å². The van der Waals surface area contributed by atoms with Gasteiger partial charge in [0, 0.05) is 18.2 Å². The van der Waals surface area contributed by atoms with Gasteiger partial charge in [0.05, 0.1) is 0 Å². The first-order valence-corrected chi connectivity index (χ1v) is 8.78. The fourth-order valence-corrected chi connectivity index (χ4v) is 1.36. The van der Waals surface area contributed by atoms with Crippen LogP contribution in [-0.4, -0.2) is 45.5 Å². The molecule has 0 aliphatic carbocycles. The Labute approximate surface area is 183 Å². The summed E-state index contributed by atoms with van der Waals surface area (Å²) < 4.78 is 0. The molecule has 31 heavy (non-hydrogen) atoms. The quantitative estimate of drug-likeness (QED) is 0.326. The number of carbonyl (C=O) groups is 4. The zero-order valence-electron chi connectivity index (χ0n) is 17.5. The van der Waals surface area contributed by atoms with Crippen LogP contribution in [0.15, 0.2) is 60.7 Å². The van der Waals surface area contributed by atoms with Crippen molar-refractivity contribution >= 4 is 29.2 Å². The largest absolute Gasteiger partial charge is 0.480 e. The van der Waals surface area contributed by atoms with Crippen molar-refractivity contribution in [2.75, 3.05) is 0 Å². The van der Waals surface area contributed by atoms with Gasteiger partial charge in [0.15, 0.2) is 5.78 Å². The number of benzene rings is 2. The Morgan fingerprint density at radius 1 is 0.806 bits per heavy atom. The summed E-state index contributed by atoms with van der Waals surface area (Å²) in [7, 11) is 0. The number of rotatable bonds is 4. The minimum Gasteiger partial charge on any atom is -0.480 e. The fourth-order valence-electron chi connectivity index (χ4n) is 1.36. The van der Waals surface area contributed by atoms with Crippen LogP contribution in [0.2, 0.25) is 0 Å². The molecule has 0 saturated heterocycles. The third-order valence-electron chi connectivity index (χ3n) is 3.08. The van der Waals surface area contributed by atoms with Crippen LogP contribution in [0.1, 0.15) is 51.0 Å². The van der Waals surface area contributed by atoms with Gasteiger partial charge >= 0.3 is 11.9 Å². The molecule has 5 N–H and O–H groups in total. The molecule has 0 saturated carbocycles. The molecular weight excluding hydrogens is 400 g/mol. The predicted molar refractivity (Wildman–Crippen MR) is 122 cm³/mol. The summed E-state index contributed by atoms with van der Waals surface area (Å²) in [6.07, 6.45) is 0. The molecule has 0 aromatic heterocycles. The van der Waals surface area contributed by atoms with E-state index in [0.717, 1.165) is 18.1 Å². The molecule has 0 spiro atoms. The van der Waals surface area contributed by atoms with E-state index in [1.807, 2.05) is 60.7 Å². The molecule has 0 aliphatic rings. The maximum absolute atomic E-state index is 10.6. The lowest BCUT2D eigenvalue weighted by molar-refractivity contribution is -0.148. The Hall–Kier alpha value is -3.65. The zero-order valence-corrected chi connectivity index (χ0v) is 17.5. The van der Waals surface area contributed by atoms with Crippen molar-refractivity contribution < 1.29 is 29.4 Å². The summed E-state index contributed by atoms with van der Waals surface area (Å²) in [5.41, 5.74) is 7.23. The molecule has 1 atom stereocenters. The number of carbonyl (C=O) groups excluding carboxylic acids is 2. The van der Waals surface area contributed by atoms with Gasteiger partial charge in [-0.25, -0.2) is 4.79 Å². The minimum atomic E-state index is -1.38. The van der Waals surface area contributed by atoms with Crippen LogP contribution in [0.25, 0.3) is 0 Å². The summed E-state index contributed by atoms with van der Waals surface area (Å²) in [4.78, 5) is 39.1. The van der Waals surface area contributed by atoms with Crippen LogP contribution in [0.5, 0.6) is 0 Å². The van der Waals surface area contributed by atoms with Gasteiger partial charge in [-0.3, -0.25) is 14.4 Å². The molecule has 0 radical (unpaired) electrons. The van der Waals surface area contributed by atoms with E-state index in [9.17, 15) is 19.2 Å². The van der Waals surface area contributed by atoms with Gasteiger partial charge in [0.2, 0.25) is 5.78 Å². The van der Waals surface area contributed by atoms with E-state index < -0.39 is 23.8 Å². The number of nitrogens with two attached hydrogens (primary N) is 1. The standard InChI is InChI=1S/C8H9N.C8H8O.C3H7NO2.C3H4O3.CH4/c2*1-7(9)8-5-3-2-4-6-8;2*1-2(4)3(5)6;/h2-6,9H,1H3;2-6H,1H3;2H,4H2,1H3,(H,5,6);1H3,(H,5,6);1H4/t;;2-;;/m..0../s1. The number of ketones is 2. The number of hydrogen-bond donors (Lipinski definition) is 4. The molecular formula is C23H32N2O6. The molecule has 2 aromatic rings. The highest BCUT2D eigenvalue weighted by Gasteiger charge is 1.99. The van der Waals surface area contributed by atoms with Crippen molar-refractivity contribution in [2.24, 2.45) is 5.73 Å². The highest BCUT2D eigenvalue weighted by molar-refractivity contribution is 6.31. The minimum absolute atomic E-state index is 0. The van der Waals surface area contributed by atoms with Gasteiger partial charge in [-0.15, -0.1) is 0 Å². The first-order chi connectivity index (χ1) is 13.9. The lowest BCUT2D eigenvalue weighted by Crippen LogP contribution is -2.25. The van der Waals surface area contributed by atoms with E-state index >= 15 is 0 Å². The SMILES string of the molecule is C.CC(=N)c1ccccc1.CC(=O)C(=O)O.CC(=O)c1ccccc1.C[C@H](N)C(=O)O. The van der Waals surface area contributed by atoms with Crippen molar-refractivity contribution in [3.05, 3.63) is 71.8 Å². The molecule has 0 heterocycles. The normalized spacial score (nSPS) is 9.32. The fraction of sp³-hybridized carbons (Fsp3) is 0.261. The van der Waals surface area contributed by atoms with Gasteiger partial charge in [-0.1, -0.05) is 68.1 Å². The second-order valence-electron chi connectivity index (χ2n) is 5.90. The van der Waals surface area contributed by atoms with E-state index in [4.69, 9.17) is 21.4 Å². The smallest absolute Gasteiger partial charge is 0.371 e. The van der Waals surface area contributed by atoms with Crippen LogP contribution in [0, 0.1) is 5.41 Å². The molecule has 0 aliphatic heterocycles. The van der Waals surface area contributed by atoms with Gasteiger partial charge in [0.1, 0.15) is 6.04 Å². The molecule has 170 valence electrons. The lowest BCUT2D eigenvalue weighted by atomic mass is 10.1. The van der Waals surface area contributed by atoms with Gasteiger partial charge < -0.3 is 21.4 Å². The average molecular weight is 433 g/mol. The summed E-state index contributed by atoms with van der Waals surface area (Å²) in [6.45, 7) is 5.77. The first-order valence-electron chi connectivity index (χ1n) is 8.78. The molecule has 8 nitrogen and oxygen atoms in total. The van der Waals surface area contributed by atoms with E-state index in [0.29, 0.717) is 5.71 Å². The van der Waals surface area contributed by atoms with Crippen molar-refractivity contribution in [2.45, 2.75) is 41.2 Å². The summed E-state index contributed by atoms with van der Waals surface area (Å²) in [6, 6.07) is 18.2. The average Bonchev–Trinajstić information content (AvgIpc) is 2.70. The molecule has 8 heteroatoms. The monoisotopic (exact) mass is 432 g/mol. The Balaban J connectivity index is -0.000000341. The van der Waals surface area contributed by atoms with E-state index in [1.165, 1.54) is 6.92 Å². The van der Waals surface area contributed by atoms with E-state index in [-0.39, 0.29) is 13.2 Å². The molecule has 0 fully saturated rings.